The molecule has 0 radical (unpaired) electrons. The number of thiazole rings is 1. The lowest BCUT2D eigenvalue weighted by Crippen LogP contribution is -2.05. The molecule has 0 bridgehead atoms. The van der Waals surface area contributed by atoms with Gasteiger partial charge in [-0.05, 0) is 25.0 Å². The molecule has 0 N–H and O–H groups in total. The highest BCUT2D eigenvalue weighted by molar-refractivity contribution is 7.13. The van der Waals surface area contributed by atoms with Crippen LogP contribution in [0.4, 0.5) is 0 Å². The number of benzene rings is 1. The first-order valence-corrected chi connectivity index (χ1v) is 9.29. The van der Waals surface area contributed by atoms with Crippen LogP contribution < -0.4 is 0 Å². The van der Waals surface area contributed by atoms with Crippen molar-refractivity contribution < 1.29 is 23.5 Å². The van der Waals surface area contributed by atoms with Gasteiger partial charge in [0.25, 0.3) is 0 Å². The smallest absolute Gasteiger partial charge is 0.358 e. The fourth-order valence-electron chi connectivity index (χ4n) is 2.52. The zero-order valence-electron chi connectivity index (χ0n) is 15.3. The van der Waals surface area contributed by atoms with E-state index in [0.717, 1.165) is 17.0 Å². The van der Waals surface area contributed by atoms with Crippen LogP contribution >= 0.6 is 11.3 Å². The van der Waals surface area contributed by atoms with E-state index in [1.165, 1.54) is 30.1 Å². The molecule has 0 unspecified atom stereocenters. The summed E-state index contributed by atoms with van der Waals surface area (Å²) in [6.07, 6.45) is 0.972. The number of aryl methyl sites for hydroxylation is 2. The molecule has 0 saturated carbocycles. The zero-order chi connectivity index (χ0) is 19.4. The van der Waals surface area contributed by atoms with Crippen molar-refractivity contribution in [3.05, 3.63) is 64.1 Å². The Morgan fingerprint density at radius 2 is 1.93 bits per heavy atom. The van der Waals surface area contributed by atoms with E-state index in [1.54, 1.807) is 12.3 Å². The summed E-state index contributed by atoms with van der Waals surface area (Å²) in [4.78, 5) is 28.2. The van der Waals surface area contributed by atoms with Crippen molar-refractivity contribution in [2.24, 2.45) is 0 Å². The van der Waals surface area contributed by atoms with Crippen LogP contribution in [-0.4, -0.2) is 24.0 Å². The second kappa shape index (κ2) is 8.18. The first kappa shape index (κ1) is 18.8. The monoisotopic (exact) mass is 385 g/mol. The Morgan fingerprint density at radius 1 is 1.19 bits per heavy atom. The Morgan fingerprint density at radius 3 is 2.59 bits per heavy atom. The van der Waals surface area contributed by atoms with Crippen molar-refractivity contribution in [3.8, 4) is 10.6 Å². The lowest BCUT2D eigenvalue weighted by atomic mass is 10.1. The average Bonchev–Trinajstić information content (AvgIpc) is 3.32. The van der Waals surface area contributed by atoms with E-state index < -0.39 is 11.9 Å². The van der Waals surface area contributed by atoms with Crippen LogP contribution in [0.15, 0.2) is 40.1 Å². The summed E-state index contributed by atoms with van der Waals surface area (Å²) in [5.74, 6) is -0.255. The minimum Gasteiger partial charge on any atom is -0.465 e. The zero-order valence-corrected chi connectivity index (χ0v) is 16.1. The van der Waals surface area contributed by atoms with Gasteiger partial charge in [0.1, 0.15) is 28.7 Å². The van der Waals surface area contributed by atoms with Gasteiger partial charge in [-0.25, -0.2) is 14.6 Å². The summed E-state index contributed by atoms with van der Waals surface area (Å²) in [6, 6.07) is 9.59. The van der Waals surface area contributed by atoms with Gasteiger partial charge in [-0.3, -0.25) is 0 Å². The number of methoxy groups -OCH3 is 1. The van der Waals surface area contributed by atoms with E-state index in [-0.39, 0.29) is 12.3 Å². The Kier molecular flexibility index (Phi) is 5.71. The minimum atomic E-state index is -0.545. The molecule has 0 aliphatic carbocycles. The number of carbonyl (C=O) groups is 2. The molecule has 0 atom stereocenters. The molecule has 3 rings (SSSR count). The van der Waals surface area contributed by atoms with Gasteiger partial charge in [0.2, 0.25) is 0 Å². The van der Waals surface area contributed by atoms with Gasteiger partial charge in [0.05, 0.1) is 7.11 Å². The Hall–Kier alpha value is -2.93. The molecule has 0 spiro atoms. The van der Waals surface area contributed by atoms with Crippen molar-refractivity contribution in [3.63, 3.8) is 0 Å². The Balaban J connectivity index is 1.65. The molecule has 0 fully saturated rings. The standard InChI is InChI=1S/C20H19NO5S/c1-4-13-5-7-14(8-6-13)18-21-17(11-27-18)20(23)25-10-15-9-16(12(2)26-15)19(22)24-3/h5-9,11H,4,10H2,1-3H3. The largest absolute Gasteiger partial charge is 0.465 e. The number of rotatable bonds is 6. The van der Waals surface area contributed by atoms with E-state index in [0.29, 0.717) is 17.1 Å². The van der Waals surface area contributed by atoms with E-state index in [2.05, 4.69) is 16.6 Å². The molecule has 0 saturated heterocycles. The van der Waals surface area contributed by atoms with Crippen molar-refractivity contribution >= 4 is 23.3 Å². The first-order valence-electron chi connectivity index (χ1n) is 8.41. The van der Waals surface area contributed by atoms with Crippen LogP contribution in [0.25, 0.3) is 10.6 Å². The van der Waals surface area contributed by atoms with Gasteiger partial charge in [-0.2, -0.15) is 0 Å². The van der Waals surface area contributed by atoms with Crippen LogP contribution in [0.2, 0.25) is 0 Å². The molecule has 7 heteroatoms. The highest BCUT2D eigenvalue weighted by Gasteiger charge is 2.18. The third-order valence-corrected chi connectivity index (χ3v) is 4.93. The number of nitrogens with zero attached hydrogens (tertiary/aromatic N) is 1. The van der Waals surface area contributed by atoms with Crippen molar-refractivity contribution in [1.82, 2.24) is 4.98 Å². The normalized spacial score (nSPS) is 10.6. The predicted octanol–water partition coefficient (Wildman–Crippen LogP) is 4.42. The summed E-state index contributed by atoms with van der Waals surface area (Å²) in [7, 11) is 1.30. The third kappa shape index (κ3) is 4.25. The summed E-state index contributed by atoms with van der Waals surface area (Å²) < 4.78 is 15.3. The molecule has 0 aliphatic rings. The van der Waals surface area contributed by atoms with Crippen LogP contribution in [0.1, 0.15) is 44.9 Å². The van der Waals surface area contributed by atoms with E-state index in [1.807, 2.05) is 24.3 Å². The molecule has 6 nitrogen and oxygen atoms in total. The predicted molar refractivity (Wildman–Crippen MR) is 101 cm³/mol. The maximum atomic E-state index is 12.2. The second-order valence-corrected chi connectivity index (χ2v) is 6.70. The fraction of sp³-hybridized carbons (Fsp3) is 0.250. The topological polar surface area (TPSA) is 78.6 Å². The van der Waals surface area contributed by atoms with E-state index >= 15 is 0 Å². The van der Waals surface area contributed by atoms with Crippen LogP contribution in [0, 0.1) is 6.92 Å². The number of aromatic nitrogens is 1. The summed E-state index contributed by atoms with van der Waals surface area (Å²) in [5.41, 5.74) is 2.76. The number of carbonyl (C=O) groups excluding carboxylic acids is 2. The number of hydrogen-bond acceptors (Lipinski definition) is 7. The number of esters is 2. The minimum absolute atomic E-state index is 0.0886. The molecule has 1 aromatic carbocycles. The molecular weight excluding hydrogens is 366 g/mol. The van der Waals surface area contributed by atoms with Crippen molar-refractivity contribution in [2.45, 2.75) is 26.9 Å². The van der Waals surface area contributed by atoms with Gasteiger partial charge in [0.15, 0.2) is 5.69 Å². The molecular formula is C20H19NO5S. The van der Waals surface area contributed by atoms with Crippen molar-refractivity contribution in [2.75, 3.05) is 7.11 Å². The molecule has 27 heavy (non-hydrogen) atoms. The van der Waals surface area contributed by atoms with Gasteiger partial charge < -0.3 is 13.9 Å². The molecule has 0 aliphatic heterocycles. The fourth-order valence-corrected chi connectivity index (χ4v) is 3.32. The Bertz CT molecular complexity index is 955. The second-order valence-electron chi connectivity index (χ2n) is 5.84. The van der Waals surface area contributed by atoms with Crippen molar-refractivity contribution in [1.29, 1.82) is 0 Å². The molecule has 140 valence electrons. The molecule has 2 heterocycles. The molecule has 2 aromatic heterocycles. The maximum Gasteiger partial charge on any atom is 0.358 e. The SMILES string of the molecule is CCc1ccc(-c2nc(C(=O)OCc3cc(C(=O)OC)c(C)o3)cs2)cc1. The van der Waals surface area contributed by atoms with Crippen LogP contribution in [0.3, 0.4) is 0 Å². The first-order chi connectivity index (χ1) is 13.0. The lowest BCUT2D eigenvalue weighted by molar-refractivity contribution is 0.0438. The highest BCUT2D eigenvalue weighted by Crippen LogP contribution is 2.25. The van der Waals surface area contributed by atoms with Gasteiger partial charge in [-0.15, -0.1) is 11.3 Å². The number of furan rings is 1. The number of hydrogen-bond donors (Lipinski definition) is 0. The molecule has 3 aromatic rings. The Labute approximate surface area is 160 Å². The quantitative estimate of drug-likeness (QED) is 0.585. The van der Waals surface area contributed by atoms with E-state index in [4.69, 9.17) is 9.15 Å². The van der Waals surface area contributed by atoms with Crippen LogP contribution in [0.5, 0.6) is 0 Å². The van der Waals surface area contributed by atoms with Gasteiger partial charge in [0, 0.05) is 10.9 Å². The number of ether oxygens (including phenoxy) is 2. The maximum absolute atomic E-state index is 12.2. The van der Waals surface area contributed by atoms with Crippen LogP contribution in [-0.2, 0) is 22.5 Å². The average molecular weight is 385 g/mol. The van der Waals surface area contributed by atoms with E-state index in [9.17, 15) is 9.59 Å². The highest BCUT2D eigenvalue weighted by atomic mass is 32.1. The lowest BCUT2D eigenvalue weighted by Gasteiger charge is -2.00. The summed E-state index contributed by atoms with van der Waals surface area (Å²) in [5, 5.41) is 2.42. The third-order valence-electron chi connectivity index (χ3n) is 4.04. The van der Waals surface area contributed by atoms with Gasteiger partial charge >= 0.3 is 11.9 Å². The summed E-state index contributed by atoms with van der Waals surface area (Å²) >= 11 is 1.38. The van der Waals surface area contributed by atoms with Gasteiger partial charge in [-0.1, -0.05) is 31.2 Å². The summed E-state index contributed by atoms with van der Waals surface area (Å²) in [6.45, 7) is 3.66. The molecule has 0 amide bonds.